The summed E-state index contributed by atoms with van der Waals surface area (Å²) < 4.78 is 2.39. The highest BCUT2D eigenvalue weighted by Gasteiger charge is 2.48. The third-order valence-electron chi connectivity index (χ3n) is 6.57. The van der Waals surface area contributed by atoms with Gasteiger partial charge in [0, 0.05) is 11.9 Å². The van der Waals surface area contributed by atoms with E-state index >= 15 is 0 Å². The number of Topliss-reactive ketones (excluding diaryl/α,β-unsaturated/α-hetero) is 1. The summed E-state index contributed by atoms with van der Waals surface area (Å²) in [6.45, 7) is 3.73. The highest BCUT2D eigenvalue weighted by Crippen LogP contribution is 2.44. The van der Waals surface area contributed by atoms with Crippen molar-refractivity contribution in [1.82, 2.24) is 19.6 Å². The number of fused-ring (bicyclic) bond motifs is 1. The number of hydrogen-bond acceptors (Lipinski definition) is 8. The van der Waals surface area contributed by atoms with E-state index in [9.17, 15) is 14.7 Å². The molecular weight excluding hydrogens is 530 g/mol. The van der Waals surface area contributed by atoms with Crippen LogP contribution in [0.15, 0.2) is 88.9 Å². The van der Waals surface area contributed by atoms with Crippen LogP contribution in [0.5, 0.6) is 0 Å². The van der Waals surface area contributed by atoms with Crippen molar-refractivity contribution in [2.24, 2.45) is 0 Å². The minimum atomic E-state index is -0.876. The molecule has 5 aromatic rings. The molecule has 194 valence electrons. The van der Waals surface area contributed by atoms with Crippen LogP contribution in [0.2, 0.25) is 0 Å². The number of anilines is 1. The Hall–Kier alpha value is -4.28. The first-order valence-corrected chi connectivity index (χ1v) is 14.0. The summed E-state index contributed by atoms with van der Waals surface area (Å²) in [5.41, 5.74) is 4.39. The quantitative estimate of drug-likeness (QED) is 0.0943. The van der Waals surface area contributed by atoms with Gasteiger partial charge in [0.2, 0.25) is 5.13 Å². The number of pyridine rings is 1. The smallest absolute Gasteiger partial charge is 0.301 e. The summed E-state index contributed by atoms with van der Waals surface area (Å²) in [5, 5.41) is 20.5. The van der Waals surface area contributed by atoms with E-state index in [0.29, 0.717) is 37.8 Å². The van der Waals surface area contributed by atoms with Crippen molar-refractivity contribution in [3.05, 3.63) is 113 Å². The number of aryl methyl sites for hydroxylation is 2. The van der Waals surface area contributed by atoms with Crippen LogP contribution < -0.4 is 4.90 Å². The summed E-state index contributed by atoms with van der Waals surface area (Å²) in [6.07, 6.45) is 1.77. The zero-order chi connectivity index (χ0) is 27.1. The molecule has 0 bridgehead atoms. The van der Waals surface area contributed by atoms with Crippen molar-refractivity contribution < 1.29 is 14.7 Å². The fourth-order valence-electron chi connectivity index (χ4n) is 4.70. The SMILES string of the molecule is Cc1ccc(C2C(=C(O)c3c(C)nc4ccccn34)C(=O)C(=O)N2c2nnc(SCc3ccccc3)s2)cc1. The number of aromatic nitrogens is 4. The Balaban J connectivity index is 1.45. The van der Waals surface area contributed by atoms with Gasteiger partial charge in [0.15, 0.2) is 10.1 Å². The Labute approximate surface area is 232 Å². The number of aliphatic hydroxyl groups excluding tert-OH is 1. The lowest BCUT2D eigenvalue weighted by Gasteiger charge is -2.22. The molecule has 6 rings (SSSR count). The van der Waals surface area contributed by atoms with E-state index in [1.807, 2.05) is 79.7 Å². The molecule has 0 aliphatic carbocycles. The van der Waals surface area contributed by atoms with E-state index in [-0.39, 0.29) is 11.3 Å². The van der Waals surface area contributed by atoms with Crippen LogP contribution in [-0.2, 0) is 15.3 Å². The van der Waals surface area contributed by atoms with Gasteiger partial charge in [-0.3, -0.25) is 18.9 Å². The summed E-state index contributed by atoms with van der Waals surface area (Å²) >= 11 is 2.76. The lowest BCUT2D eigenvalue weighted by atomic mass is 9.96. The van der Waals surface area contributed by atoms with E-state index in [4.69, 9.17) is 0 Å². The van der Waals surface area contributed by atoms with Gasteiger partial charge in [0.05, 0.1) is 17.3 Å². The molecule has 0 radical (unpaired) electrons. The van der Waals surface area contributed by atoms with Gasteiger partial charge in [0.25, 0.3) is 5.78 Å². The van der Waals surface area contributed by atoms with Crippen molar-refractivity contribution in [2.45, 2.75) is 30.0 Å². The normalized spacial score (nSPS) is 16.9. The Morgan fingerprint density at radius 2 is 1.72 bits per heavy atom. The number of aliphatic hydroxyl groups is 1. The number of rotatable bonds is 6. The van der Waals surface area contributed by atoms with Crippen LogP contribution in [0.3, 0.4) is 0 Å². The second-order valence-electron chi connectivity index (χ2n) is 9.18. The molecule has 39 heavy (non-hydrogen) atoms. The minimum absolute atomic E-state index is 0.00806. The summed E-state index contributed by atoms with van der Waals surface area (Å²) in [5.74, 6) is -1.12. The molecule has 10 heteroatoms. The molecule has 0 saturated carbocycles. The van der Waals surface area contributed by atoms with Crippen molar-refractivity contribution >= 4 is 51.3 Å². The third kappa shape index (κ3) is 4.51. The Bertz CT molecular complexity index is 1740. The van der Waals surface area contributed by atoms with Crippen LogP contribution >= 0.6 is 23.1 Å². The maximum atomic E-state index is 13.6. The van der Waals surface area contributed by atoms with Gasteiger partial charge in [-0.25, -0.2) is 4.98 Å². The van der Waals surface area contributed by atoms with Crippen molar-refractivity contribution in [1.29, 1.82) is 0 Å². The molecular formula is C29H23N5O3S2. The van der Waals surface area contributed by atoms with Crippen LogP contribution in [0.25, 0.3) is 11.4 Å². The van der Waals surface area contributed by atoms with E-state index in [0.717, 1.165) is 11.1 Å². The zero-order valence-corrected chi connectivity index (χ0v) is 22.7. The average molecular weight is 554 g/mol. The fourth-order valence-corrected chi connectivity index (χ4v) is 6.52. The van der Waals surface area contributed by atoms with Gasteiger partial charge in [-0.05, 0) is 37.1 Å². The highest BCUT2D eigenvalue weighted by atomic mass is 32.2. The number of hydrogen-bond donors (Lipinski definition) is 1. The third-order valence-corrected chi connectivity index (χ3v) is 8.70. The second kappa shape index (κ2) is 10.1. The largest absolute Gasteiger partial charge is 0.505 e. The maximum absolute atomic E-state index is 13.6. The topological polar surface area (TPSA) is 101 Å². The Morgan fingerprint density at radius 3 is 2.49 bits per heavy atom. The molecule has 1 aliphatic rings. The molecule has 1 N–H and O–H groups in total. The number of amides is 1. The second-order valence-corrected chi connectivity index (χ2v) is 11.4. The monoisotopic (exact) mass is 553 g/mol. The van der Waals surface area contributed by atoms with Crippen LogP contribution in [-0.4, -0.2) is 36.4 Å². The summed E-state index contributed by atoms with van der Waals surface area (Å²) in [6, 6.07) is 22.1. The van der Waals surface area contributed by atoms with Gasteiger partial charge in [-0.1, -0.05) is 89.3 Å². The maximum Gasteiger partial charge on any atom is 0.301 e. The first-order chi connectivity index (χ1) is 18.9. The number of thioether (sulfide) groups is 1. The van der Waals surface area contributed by atoms with Crippen LogP contribution in [0.1, 0.15) is 34.1 Å². The van der Waals surface area contributed by atoms with E-state index in [2.05, 4.69) is 15.2 Å². The van der Waals surface area contributed by atoms with Crippen molar-refractivity contribution in [3.63, 3.8) is 0 Å². The molecule has 8 nitrogen and oxygen atoms in total. The van der Waals surface area contributed by atoms with Gasteiger partial charge < -0.3 is 5.11 Å². The van der Waals surface area contributed by atoms with Crippen molar-refractivity contribution in [2.75, 3.05) is 4.90 Å². The molecule has 1 atom stereocenters. The molecule has 1 aliphatic heterocycles. The first-order valence-electron chi connectivity index (χ1n) is 12.2. The molecule has 4 heterocycles. The van der Waals surface area contributed by atoms with Gasteiger partial charge in [0.1, 0.15) is 11.3 Å². The van der Waals surface area contributed by atoms with Gasteiger partial charge in [-0.2, -0.15) is 0 Å². The van der Waals surface area contributed by atoms with Gasteiger partial charge >= 0.3 is 5.91 Å². The summed E-state index contributed by atoms with van der Waals surface area (Å²) in [4.78, 5) is 32.9. The predicted molar refractivity (Wildman–Crippen MR) is 152 cm³/mol. The number of imidazole rings is 1. The molecule has 0 spiro atoms. The fraction of sp³-hybridized carbons (Fsp3) is 0.138. The predicted octanol–water partition coefficient (Wildman–Crippen LogP) is 5.72. The van der Waals surface area contributed by atoms with E-state index < -0.39 is 17.7 Å². The molecule has 1 unspecified atom stereocenters. The van der Waals surface area contributed by atoms with Crippen molar-refractivity contribution in [3.8, 4) is 0 Å². The van der Waals surface area contributed by atoms with Crippen LogP contribution in [0.4, 0.5) is 5.13 Å². The molecule has 1 amide bonds. The lowest BCUT2D eigenvalue weighted by Crippen LogP contribution is -2.29. The highest BCUT2D eigenvalue weighted by molar-refractivity contribution is 8.00. The lowest BCUT2D eigenvalue weighted by molar-refractivity contribution is -0.132. The number of nitrogens with zero attached hydrogens (tertiary/aromatic N) is 5. The number of carbonyl (C=O) groups is 2. The number of carbonyl (C=O) groups excluding carboxylic acids is 2. The average Bonchev–Trinajstić information content (AvgIpc) is 3.62. The Kier molecular flexibility index (Phi) is 6.49. The molecule has 3 aromatic heterocycles. The van der Waals surface area contributed by atoms with Crippen LogP contribution in [0, 0.1) is 13.8 Å². The summed E-state index contributed by atoms with van der Waals surface area (Å²) in [7, 11) is 0. The molecule has 1 fully saturated rings. The zero-order valence-electron chi connectivity index (χ0n) is 21.1. The molecule has 2 aromatic carbocycles. The first kappa shape index (κ1) is 25.0. The standard InChI is InChI=1S/C29H23N5O3S2/c1-17-11-13-20(14-12-17)24-22(25(35)23-18(2)30-21-10-6-7-15-33(21)23)26(36)27(37)34(24)28-31-32-29(39-28)38-16-19-8-4-3-5-9-19/h3-15,24,35H,16H2,1-2H3. The minimum Gasteiger partial charge on any atom is -0.505 e. The number of benzene rings is 2. The Morgan fingerprint density at radius 1 is 0.974 bits per heavy atom. The van der Waals surface area contributed by atoms with E-state index in [1.54, 1.807) is 17.5 Å². The van der Waals surface area contributed by atoms with E-state index in [1.165, 1.54) is 28.0 Å². The number of ketones is 1. The molecule has 1 saturated heterocycles. The van der Waals surface area contributed by atoms with Gasteiger partial charge in [-0.15, -0.1) is 10.2 Å².